The summed E-state index contributed by atoms with van der Waals surface area (Å²) in [5.41, 5.74) is 2.10. The molecule has 0 spiro atoms. The number of aryl methyl sites for hydroxylation is 1. The van der Waals surface area contributed by atoms with Crippen LogP contribution < -0.4 is 14.4 Å². The monoisotopic (exact) mass is 671 g/mol. The largest absolute Gasteiger partial charge is 0.497 e. The van der Waals surface area contributed by atoms with Gasteiger partial charge >= 0.3 is 0 Å². The molecule has 1 N–H and O–H groups in total. The van der Waals surface area contributed by atoms with Crippen molar-refractivity contribution in [3.63, 3.8) is 0 Å². The van der Waals surface area contributed by atoms with E-state index in [0.717, 1.165) is 53.6 Å². The lowest BCUT2D eigenvalue weighted by Gasteiger charge is -2.35. The minimum Gasteiger partial charge on any atom is -0.497 e. The molecule has 8 nitrogen and oxygen atoms in total. The van der Waals surface area contributed by atoms with Crippen LogP contribution in [-0.2, 0) is 32.6 Å². The number of hydrogen-bond donors (Lipinski definition) is 1. The maximum Gasteiger partial charge on any atom is 0.264 e. The maximum absolute atomic E-state index is 15.4. The third-order valence-electron chi connectivity index (χ3n) is 8.72. The van der Waals surface area contributed by atoms with Crippen molar-refractivity contribution >= 4 is 27.5 Å². The number of benzene rings is 4. The molecule has 1 fully saturated rings. The molecule has 0 aromatic heterocycles. The zero-order valence-electron chi connectivity index (χ0n) is 27.3. The molecule has 48 heavy (non-hydrogen) atoms. The molecule has 4 aromatic rings. The quantitative estimate of drug-likeness (QED) is 0.177. The van der Waals surface area contributed by atoms with Crippen molar-refractivity contribution < 1.29 is 27.1 Å². The maximum atomic E-state index is 15.4. The molecule has 1 atom stereocenters. The van der Waals surface area contributed by atoms with Crippen LogP contribution in [-0.4, -0.2) is 50.9 Å². The molecule has 10 heteroatoms. The summed E-state index contributed by atoms with van der Waals surface area (Å²) in [5.74, 6) is -1.20. The average molecular weight is 672 g/mol. The van der Waals surface area contributed by atoms with Crippen molar-refractivity contribution in [1.82, 2.24) is 10.2 Å². The van der Waals surface area contributed by atoms with Gasteiger partial charge in [0.25, 0.3) is 10.0 Å². The number of hydrogen-bond acceptors (Lipinski definition) is 5. The van der Waals surface area contributed by atoms with Crippen molar-refractivity contribution in [1.29, 1.82) is 0 Å². The SMILES string of the molecule is COc1cccc(CN(C(=O)CN(c2ccccc2F)S(=O)(=O)c2ccc(C)cc2)[C@@H](Cc2ccccc2)C(=O)NC2CCCCC2)c1. The van der Waals surface area contributed by atoms with Crippen LogP contribution in [0.5, 0.6) is 5.75 Å². The highest BCUT2D eigenvalue weighted by Crippen LogP contribution is 2.28. The summed E-state index contributed by atoms with van der Waals surface area (Å²) >= 11 is 0. The second-order valence-electron chi connectivity index (χ2n) is 12.2. The molecular weight excluding hydrogens is 629 g/mol. The number of carbonyl (C=O) groups excluding carboxylic acids is 2. The Morgan fingerprint density at radius 1 is 0.875 bits per heavy atom. The Balaban J connectivity index is 1.58. The first-order valence-corrected chi connectivity index (χ1v) is 17.7. The van der Waals surface area contributed by atoms with Gasteiger partial charge in [-0.05, 0) is 67.3 Å². The van der Waals surface area contributed by atoms with Gasteiger partial charge in [-0.1, -0.05) is 91.6 Å². The van der Waals surface area contributed by atoms with Crippen LogP contribution in [0.15, 0.2) is 108 Å². The van der Waals surface area contributed by atoms with E-state index in [1.807, 2.05) is 43.3 Å². The van der Waals surface area contributed by atoms with Gasteiger partial charge in [0.1, 0.15) is 24.2 Å². The van der Waals surface area contributed by atoms with Crippen molar-refractivity contribution in [2.24, 2.45) is 0 Å². The molecule has 252 valence electrons. The van der Waals surface area contributed by atoms with Crippen LogP contribution in [0.4, 0.5) is 10.1 Å². The van der Waals surface area contributed by atoms with Gasteiger partial charge in [-0.15, -0.1) is 0 Å². The van der Waals surface area contributed by atoms with Crippen LogP contribution in [0.2, 0.25) is 0 Å². The molecule has 4 aromatic carbocycles. The third kappa shape index (κ3) is 8.60. The molecule has 0 bridgehead atoms. The van der Waals surface area contributed by atoms with Crippen LogP contribution >= 0.6 is 0 Å². The summed E-state index contributed by atoms with van der Waals surface area (Å²) in [5, 5.41) is 3.19. The first-order valence-electron chi connectivity index (χ1n) is 16.3. The highest BCUT2D eigenvalue weighted by Gasteiger charge is 2.36. The van der Waals surface area contributed by atoms with Crippen molar-refractivity contribution in [3.05, 3.63) is 126 Å². The standard InChI is InChI=1S/C38H42FN3O5S/c1-28-20-22-33(23-21-28)48(45,46)42(35-19-10-9-18-34(35)39)27-37(43)41(26-30-14-11-17-32(24-30)47-2)36(25-29-12-5-3-6-13-29)38(44)40-31-15-7-4-8-16-31/h3,5-6,9-14,17-24,31,36H,4,7-8,15-16,25-27H2,1-2H3,(H,40,44)/t36-/m0/s1. The van der Waals surface area contributed by atoms with Crippen LogP contribution in [0.25, 0.3) is 0 Å². The predicted octanol–water partition coefficient (Wildman–Crippen LogP) is 6.43. The van der Waals surface area contributed by atoms with Gasteiger partial charge in [-0.2, -0.15) is 0 Å². The fourth-order valence-electron chi connectivity index (χ4n) is 6.07. The van der Waals surface area contributed by atoms with E-state index in [1.54, 1.807) is 37.4 Å². The lowest BCUT2D eigenvalue weighted by molar-refractivity contribution is -0.140. The van der Waals surface area contributed by atoms with Crippen molar-refractivity contribution in [2.45, 2.75) is 69.0 Å². The van der Waals surface area contributed by atoms with Crippen molar-refractivity contribution in [3.8, 4) is 5.75 Å². The van der Waals surface area contributed by atoms with E-state index in [9.17, 15) is 18.0 Å². The van der Waals surface area contributed by atoms with E-state index in [2.05, 4.69) is 5.32 Å². The number of halogens is 1. The number of sulfonamides is 1. The van der Waals surface area contributed by atoms with Gasteiger partial charge in [0.15, 0.2) is 0 Å². The number of carbonyl (C=O) groups is 2. The van der Waals surface area contributed by atoms with E-state index < -0.39 is 34.3 Å². The topological polar surface area (TPSA) is 96.0 Å². The van der Waals surface area contributed by atoms with E-state index in [4.69, 9.17) is 4.74 Å². The summed E-state index contributed by atoms with van der Waals surface area (Å²) in [6.45, 7) is 1.08. The van der Waals surface area contributed by atoms with Gasteiger partial charge in [0, 0.05) is 19.0 Å². The van der Waals surface area contributed by atoms with Crippen LogP contribution in [0, 0.1) is 12.7 Å². The number of ether oxygens (including phenoxy) is 1. The lowest BCUT2D eigenvalue weighted by Crippen LogP contribution is -2.55. The molecule has 0 aliphatic heterocycles. The minimum atomic E-state index is -4.41. The Labute approximate surface area is 282 Å². The van der Waals surface area contributed by atoms with E-state index in [0.29, 0.717) is 11.3 Å². The van der Waals surface area contributed by atoms with Gasteiger partial charge in [0.2, 0.25) is 11.8 Å². The first kappa shape index (κ1) is 34.6. The smallest absolute Gasteiger partial charge is 0.264 e. The fourth-order valence-corrected chi connectivity index (χ4v) is 7.49. The molecule has 0 unspecified atom stereocenters. The Morgan fingerprint density at radius 3 is 2.23 bits per heavy atom. The second kappa shape index (κ2) is 15.9. The number of rotatable bonds is 13. The zero-order valence-corrected chi connectivity index (χ0v) is 28.2. The summed E-state index contributed by atoms with van der Waals surface area (Å²) in [7, 11) is -2.87. The molecule has 0 saturated heterocycles. The van der Waals surface area contributed by atoms with Gasteiger partial charge < -0.3 is 15.0 Å². The third-order valence-corrected chi connectivity index (χ3v) is 10.5. The molecule has 1 saturated carbocycles. The molecule has 5 rings (SSSR count). The number of nitrogens with one attached hydrogen (secondary N) is 1. The number of anilines is 1. The molecule has 2 amide bonds. The highest BCUT2D eigenvalue weighted by molar-refractivity contribution is 7.92. The van der Waals surface area contributed by atoms with E-state index in [-0.39, 0.29) is 35.5 Å². The number of nitrogens with zero attached hydrogens (tertiary/aromatic N) is 2. The Morgan fingerprint density at radius 2 is 1.54 bits per heavy atom. The second-order valence-corrected chi connectivity index (χ2v) is 14.1. The van der Waals surface area contributed by atoms with Crippen LogP contribution in [0.3, 0.4) is 0 Å². The van der Waals surface area contributed by atoms with E-state index >= 15 is 4.39 Å². The first-order chi connectivity index (χ1) is 23.2. The van der Waals surface area contributed by atoms with Crippen molar-refractivity contribution in [2.75, 3.05) is 18.0 Å². The summed E-state index contributed by atoms with van der Waals surface area (Å²) in [6.07, 6.45) is 5.03. The predicted molar refractivity (Wildman–Crippen MR) is 185 cm³/mol. The normalized spacial score (nSPS) is 14.1. The molecule has 0 heterocycles. The minimum absolute atomic E-state index is 0.0126. The van der Waals surface area contributed by atoms with Crippen LogP contribution in [0.1, 0.15) is 48.8 Å². The number of para-hydroxylation sites is 1. The molecule has 1 aliphatic carbocycles. The summed E-state index contributed by atoms with van der Waals surface area (Å²) in [6, 6.07) is 27.2. The van der Waals surface area contributed by atoms with Gasteiger partial charge in [-0.3, -0.25) is 13.9 Å². The summed E-state index contributed by atoms with van der Waals surface area (Å²) in [4.78, 5) is 30.2. The highest BCUT2D eigenvalue weighted by atomic mass is 32.2. The van der Waals surface area contributed by atoms with Gasteiger partial charge in [0.05, 0.1) is 17.7 Å². The molecule has 0 radical (unpaired) electrons. The number of amides is 2. The van der Waals surface area contributed by atoms with Gasteiger partial charge in [-0.25, -0.2) is 12.8 Å². The fraction of sp³-hybridized carbons (Fsp3) is 0.316. The summed E-state index contributed by atoms with van der Waals surface area (Å²) < 4.78 is 49.9. The number of methoxy groups -OCH3 is 1. The molecular formula is C38H42FN3O5S. The molecule has 1 aliphatic rings. The Bertz CT molecular complexity index is 1790. The Hall–Kier alpha value is -4.70. The lowest BCUT2D eigenvalue weighted by atomic mass is 9.94. The average Bonchev–Trinajstić information content (AvgIpc) is 3.10. The Kier molecular flexibility index (Phi) is 11.5. The zero-order chi connectivity index (χ0) is 34.1. The van der Waals surface area contributed by atoms with E-state index in [1.165, 1.54) is 35.2 Å².